The lowest BCUT2D eigenvalue weighted by molar-refractivity contribution is 0.0503. The SMILES string of the molecule is CC(C)(C)OC(=O)NC1CCc2ccc(C(=O)N3CCC4(CC3)CCN(c3ccncc3)C4)cc21. The first kappa shape index (κ1) is 23.6. The predicted molar refractivity (Wildman–Crippen MR) is 136 cm³/mol. The van der Waals surface area contributed by atoms with E-state index in [1.54, 1.807) is 0 Å². The summed E-state index contributed by atoms with van der Waals surface area (Å²) in [6.07, 6.45) is 8.26. The lowest BCUT2D eigenvalue weighted by Gasteiger charge is -2.39. The standard InChI is InChI=1S/C28H36N4O3/c1-27(2,3)35-26(34)30-24-7-6-20-4-5-21(18-23(20)24)25(33)31-15-10-28(11-16-31)12-17-32(19-28)22-8-13-29-14-9-22/h4-5,8-9,13-14,18,24H,6-7,10-12,15-17,19H2,1-3H3,(H,30,34). The Bertz CT molecular complexity index is 1090. The summed E-state index contributed by atoms with van der Waals surface area (Å²) < 4.78 is 5.44. The lowest BCUT2D eigenvalue weighted by Crippen LogP contribution is -2.44. The van der Waals surface area contributed by atoms with Gasteiger partial charge in [0.05, 0.1) is 6.04 Å². The maximum Gasteiger partial charge on any atom is 0.408 e. The molecule has 3 aliphatic rings. The third-order valence-electron chi connectivity index (χ3n) is 7.74. The van der Waals surface area contributed by atoms with Gasteiger partial charge in [0.15, 0.2) is 0 Å². The number of nitrogens with one attached hydrogen (secondary N) is 1. The number of likely N-dealkylation sites (tertiary alicyclic amines) is 1. The number of alkyl carbamates (subject to hydrolysis) is 1. The number of piperidine rings is 1. The normalized spacial score (nSPS) is 21.2. The zero-order valence-corrected chi connectivity index (χ0v) is 21.0. The van der Waals surface area contributed by atoms with Crippen molar-refractivity contribution in [3.05, 3.63) is 59.4 Å². The van der Waals surface area contributed by atoms with Gasteiger partial charge in [0.25, 0.3) is 5.91 Å². The Morgan fingerprint density at radius 3 is 2.49 bits per heavy atom. The Labute approximate surface area is 207 Å². The average molecular weight is 477 g/mol. The molecule has 2 saturated heterocycles. The monoisotopic (exact) mass is 476 g/mol. The van der Waals surface area contributed by atoms with Crippen molar-refractivity contribution in [3.63, 3.8) is 0 Å². The molecule has 1 N–H and O–H groups in total. The summed E-state index contributed by atoms with van der Waals surface area (Å²) in [6, 6.07) is 10.0. The fourth-order valence-electron chi connectivity index (χ4n) is 5.82. The Morgan fingerprint density at radius 2 is 1.77 bits per heavy atom. The van der Waals surface area contributed by atoms with Crippen LogP contribution in [0.5, 0.6) is 0 Å². The van der Waals surface area contributed by atoms with Crippen LogP contribution in [-0.2, 0) is 11.2 Å². The fraction of sp³-hybridized carbons (Fsp3) is 0.536. The Kier molecular flexibility index (Phi) is 6.20. The van der Waals surface area contributed by atoms with Crippen molar-refractivity contribution >= 4 is 17.7 Å². The molecule has 1 spiro atoms. The number of fused-ring (bicyclic) bond motifs is 1. The molecule has 1 aliphatic carbocycles. The third kappa shape index (κ3) is 5.14. The number of benzene rings is 1. The van der Waals surface area contributed by atoms with Gasteiger partial charge in [-0.25, -0.2) is 4.79 Å². The minimum absolute atomic E-state index is 0.0922. The van der Waals surface area contributed by atoms with Crippen LogP contribution in [0, 0.1) is 5.41 Å². The van der Waals surface area contributed by atoms with E-state index in [1.807, 2.05) is 56.3 Å². The third-order valence-corrected chi connectivity index (χ3v) is 7.74. The number of amides is 2. The van der Waals surface area contributed by atoms with Crippen molar-refractivity contribution < 1.29 is 14.3 Å². The number of rotatable bonds is 3. The Morgan fingerprint density at radius 1 is 1.06 bits per heavy atom. The first-order chi connectivity index (χ1) is 16.7. The van der Waals surface area contributed by atoms with E-state index >= 15 is 0 Å². The molecule has 0 bridgehead atoms. The molecule has 3 heterocycles. The minimum Gasteiger partial charge on any atom is -0.444 e. The van der Waals surface area contributed by atoms with Crippen molar-refractivity contribution in [2.45, 2.75) is 64.5 Å². The molecule has 2 aliphatic heterocycles. The molecule has 35 heavy (non-hydrogen) atoms. The maximum absolute atomic E-state index is 13.4. The highest BCUT2D eigenvalue weighted by Gasteiger charge is 2.41. The predicted octanol–water partition coefficient (Wildman–Crippen LogP) is 4.73. The summed E-state index contributed by atoms with van der Waals surface area (Å²) in [5, 5.41) is 2.99. The number of aryl methyl sites for hydroxylation is 1. The quantitative estimate of drug-likeness (QED) is 0.693. The molecule has 2 aromatic rings. The summed E-state index contributed by atoms with van der Waals surface area (Å²) >= 11 is 0. The van der Waals surface area contributed by atoms with Crippen LogP contribution < -0.4 is 10.2 Å². The van der Waals surface area contributed by atoms with Gasteiger partial charge in [0.1, 0.15) is 5.60 Å². The van der Waals surface area contributed by atoms with E-state index in [4.69, 9.17) is 4.74 Å². The number of nitrogens with zero attached hydrogens (tertiary/aromatic N) is 3. The van der Waals surface area contributed by atoms with E-state index in [0.29, 0.717) is 11.0 Å². The second-order valence-corrected chi connectivity index (χ2v) is 11.3. The molecule has 7 heteroatoms. The number of ether oxygens (including phenoxy) is 1. The largest absolute Gasteiger partial charge is 0.444 e. The summed E-state index contributed by atoms with van der Waals surface area (Å²) in [5.74, 6) is 0.0922. The minimum atomic E-state index is -0.538. The first-order valence-corrected chi connectivity index (χ1v) is 12.8. The molecule has 1 atom stereocenters. The molecule has 1 aromatic heterocycles. The number of carbonyl (C=O) groups excluding carboxylic acids is 2. The van der Waals surface area contributed by atoms with E-state index in [2.05, 4.69) is 27.3 Å². The molecular formula is C28H36N4O3. The molecule has 0 saturated carbocycles. The van der Waals surface area contributed by atoms with Crippen LogP contribution in [0.2, 0.25) is 0 Å². The number of carbonyl (C=O) groups is 2. The van der Waals surface area contributed by atoms with Gasteiger partial charge in [-0.05, 0) is 93.7 Å². The number of hydrogen-bond donors (Lipinski definition) is 1. The van der Waals surface area contributed by atoms with Crippen LogP contribution in [0.1, 0.15) is 74.0 Å². The van der Waals surface area contributed by atoms with Gasteiger partial charge in [-0.2, -0.15) is 0 Å². The van der Waals surface area contributed by atoms with Crippen LogP contribution in [0.4, 0.5) is 10.5 Å². The fourth-order valence-corrected chi connectivity index (χ4v) is 5.82. The van der Waals surface area contributed by atoms with Gasteiger partial charge in [0.2, 0.25) is 0 Å². The molecule has 7 nitrogen and oxygen atoms in total. The van der Waals surface area contributed by atoms with Gasteiger partial charge in [-0.3, -0.25) is 9.78 Å². The molecule has 2 fully saturated rings. The summed E-state index contributed by atoms with van der Waals surface area (Å²) in [6.45, 7) is 9.27. The summed E-state index contributed by atoms with van der Waals surface area (Å²) in [5.41, 5.74) is 3.94. The topological polar surface area (TPSA) is 74.8 Å². The molecule has 5 rings (SSSR count). The maximum atomic E-state index is 13.4. The van der Waals surface area contributed by atoms with E-state index in [-0.39, 0.29) is 11.9 Å². The van der Waals surface area contributed by atoms with Crippen molar-refractivity contribution in [3.8, 4) is 0 Å². The van der Waals surface area contributed by atoms with Crippen LogP contribution in [0.15, 0.2) is 42.7 Å². The van der Waals surface area contributed by atoms with Gasteiger partial charge in [-0.1, -0.05) is 6.07 Å². The molecular weight excluding hydrogens is 440 g/mol. The lowest BCUT2D eigenvalue weighted by atomic mass is 9.77. The number of aromatic nitrogens is 1. The van der Waals surface area contributed by atoms with Gasteiger partial charge in [0, 0.05) is 49.8 Å². The van der Waals surface area contributed by atoms with Crippen molar-refractivity contribution in [1.82, 2.24) is 15.2 Å². The number of pyridine rings is 1. The zero-order valence-electron chi connectivity index (χ0n) is 21.0. The van der Waals surface area contributed by atoms with Crippen LogP contribution in [0.25, 0.3) is 0 Å². The first-order valence-electron chi connectivity index (χ1n) is 12.8. The van der Waals surface area contributed by atoms with Crippen LogP contribution in [-0.4, -0.2) is 53.7 Å². The zero-order chi connectivity index (χ0) is 24.6. The highest BCUT2D eigenvalue weighted by atomic mass is 16.6. The van der Waals surface area contributed by atoms with Crippen molar-refractivity contribution in [1.29, 1.82) is 0 Å². The highest BCUT2D eigenvalue weighted by molar-refractivity contribution is 5.94. The number of anilines is 1. The smallest absolute Gasteiger partial charge is 0.408 e. The second kappa shape index (κ2) is 9.17. The van der Waals surface area contributed by atoms with E-state index in [9.17, 15) is 9.59 Å². The Balaban J connectivity index is 1.21. The van der Waals surface area contributed by atoms with E-state index < -0.39 is 11.7 Å². The van der Waals surface area contributed by atoms with Gasteiger partial charge >= 0.3 is 6.09 Å². The van der Waals surface area contributed by atoms with Crippen molar-refractivity contribution in [2.24, 2.45) is 5.41 Å². The molecule has 2 amide bonds. The average Bonchev–Trinajstić information content (AvgIpc) is 3.43. The molecule has 1 unspecified atom stereocenters. The Hall–Kier alpha value is -3.09. The van der Waals surface area contributed by atoms with Crippen molar-refractivity contribution in [2.75, 3.05) is 31.1 Å². The van der Waals surface area contributed by atoms with Gasteiger partial charge in [-0.15, -0.1) is 0 Å². The summed E-state index contributed by atoms with van der Waals surface area (Å²) in [4.78, 5) is 34.3. The van der Waals surface area contributed by atoms with Crippen LogP contribution >= 0.6 is 0 Å². The second-order valence-electron chi connectivity index (χ2n) is 11.3. The van der Waals surface area contributed by atoms with Crippen LogP contribution in [0.3, 0.4) is 0 Å². The van der Waals surface area contributed by atoms with E-state index in [0.717, 1.165) is 57.4 Å². The molecule has 186 valence electrons. The van der Waals surface area contributed by atoms with Gasteiger partial charge < -0.3 is 19.9 Å². The molecule has 0 radical (unpaired) electrons. The highest BCUT2D eigenvalue weighted by Crippen LogP contribution is 2.42. The number of hydrogen-bond acceptors (Lipinski definition) is 5. The van der Waals surface area contributed by atoms with E-state index in [1.165, 1.54) is 17.7 Å². The molecule has 1 aromatic carbocycles. The summed E-state index contributed by atoms with van der Waals surface area (Å²) in [7, 11) is 0.